The van der Waals surface area contributed by atoms with E-state index in [1.165, 1.54) is 6.07 Å². The fourth-order valence-corrected chi connectivity index (χ4v) is 3.40. The summed E-state index contributed by atoms with van der Waals surface area (Å²) in [5.74, 6) is -0.338. The van der Waals surface area contributed by atoms with E-state index in [-0.39, 0.29) is 17.5 Å². The lowest BCUT2D eigenvalue weighted by atomic mass is 10.1. The number of hydrogen-bond acceptors (Lipinski definition) is 7. The molecule has 29 heavy (non-hydrogen) atoms. The van der Waals surface area contributed by atoms with Crippen LogP contribution in [0.1, 0.15) is 0 Å². The number of halogens is 3. The summed E-state index contributed by atoms with van der Waals surface area (Å²) in [6.07, 6.45) is 0. The van der Waals surface area contributed by atoms with Crippen LogP contribution in [-0.2, 0) is 9.84 Å². The van der Waals surface area contributed by atoms with Crippen LogP contribution in [-0.4, -0.2) is 24.0 Å². The summed E-state index contributed by atoms with van der Waals surface area (Å²) in [6, 6.07) is 11.3. The summed E-state index contributed by atoms with van der Waals surface area (Å²) >= 11 is 0. The number of fused-ring (bicyclic) bond motifs is 1. The normalized spacial score (nSPS) is 12.5. The first-order valence-electron chi connectivity index (χ1n) is 7.74. The number of phenols is 1. The second-order valence-electron chi connectivity index (χ2n) is 5.71. The van der Waals surface area contributed by atoms with Gasteiger partial charge in [-0.05, 0) is 17.5 Å². The average Bonchev–Trinajstić information content (AvgIpc) is 2.66. The minimum atomic E-state index is -5.94. The molecule has 3 rings (SSSR count). The van der Waals surface area contributed by atoms with E-state index in [2.05, 4.69) is 10.2 Å². The van der Waals surface area contributed by atoms with E-state index in [0.29, 0.717) is 10.8 Å². The number of alkyl halides is 3. The molecule has 3 aromatic rings. The first-order chi connectivity index (χ1) is 13.5. The molecular weight excluding hydrogens is 415 g/mol. The molecule has 0 atom stereocenters. The number of rotatable bonds is 4. The summed E-state index contributed by atoms with van der Waals surface area (Å²) in [5, 5.41) is 29.2. The van der Waals surface area contributed by atoms with Crippen LogP contribution in [0.3, 0.4) is 0 Å². The molecule has 0 amide bonds. The van der Waals surface area contributed by atoms with E-state index < -0.39 is 36.5 Å². The number of hydrogen-bond donors (Lipinski definition) is 1. The van der Waals surface area contributed by atoms with Crippen molar-refractivity contribution >= 4 is 37.7 Å². The molecular formula is C17H10F3N3O5S. The van der Waals surface area contributed by atoms with Gasteiger partial charge in [-0.2, -0.15) is 13.2 Å². The highest BCUT2D eigenvalue weighted by Gasteiger charge is 2.48. The van der Waals surface area contributed by atoms with Gasteiger partial charge in [0.15, 0.2) is 0 Å². The summed E-state index contributed by atoms with van der Waals surface area (Å²) in [5.41, 5.74) is -7.43. The maximum absolute atomic E-state index is 13.0. The van der Waals surface area contributed by atoms with Crippen LogP contribution in [0.15, 0.2) is 69.7 Å². The summed E-state index contributed by atoms with van der Waals surface area (Å²) in [4.78, 5) is 8.40. The smallest absolute Gasteiger partial charge is 0.501 e. The van der Waals surface area contributed by atoms with Gasteiger partial charge in [0.05, 0.1) is 4.92 Å². The van der Waals surface area contributed by atoms with Crippen molar-refractivity contribution < 1.29 is 31.6 Å². The first-order valence-corrected chi connectivity index (χ1v) is 9.23. The molecule has 0 saturated carbocycles. The van der Waals surface area contributed by atoms with E-state index in [0.717, 1.165) is 12.1 Å². The molecule has 1 N–H and O–H groups in total. The number of nitrogens with zero attached hydrogens (tertiary/aromatic N) is 3. The third-order valence-electron chi connectivity index (χ3n) is 3.89. The molecule has 0 bridgehead atoms. The Morgan fingerprint density at radius 3 is 2.34 bits per heavy atom. The molecule has 0 unspecified atom stereocenters. The molecule has 0 fully saturated rings. The van der Waals surface area contributed by atoms with Crippen molar-refractivity contribution in [2.75, 3.05) is 0 Å². The van der Waals surface area contributed by atoms with Crippen LogP contribution in [0, 0.1) is 10.1 Å². The predicted molar refractivity (Wildman–Crippen MR) is 96.1 cm³/mol. The highest BCUT2D eigenvalue weighted by Crippen LogP contribution is 2.40. The molecule has 12 heteroatoms. The van der Waals surface area contributed by atoms with Gasteiger partial charge < -0.3 is 5.11 Å². The highest BCUT2D eigenvalue weighted by molar-refractivity contribution is 7.92. The largest absolute Gasteiger partial charge is 0.506 e. The van der Waals surface area contributed by atoms with Crippen LogP contribution in [0.4, 0.5) is 30.2 Å². The SMILES string of the molecule is O=[N+]([O-])c1ccc(N=Nc2c(O)ccc3ccccc23)c(S(=O)(=O)C(F)(F)F)c1. The number of sulfone groups is 1. The lowest BCUT2D eigenvalue weighted by Crippen LogP contribution is -2.23. The van der Waals surface area contributed by atoms with Crippen LogP contribution < -0.4 is 0 Å². The Bertz CT molecular complexity index is 1260. The minimum Gasteiger partial charge on any atom is -0.506 e. The number of benzene rings is 3. The molecule has 0 saturated heterocycles. The van der Waals surface area contributed by atoms with Gasteiger partial charge in [0, 0.05) is 17.5 Å². The van der Waals surface area contributed by atoms with Gasteiger partial charge in [-0.1, -0.05) is 30.3 Å². The number of nitro groups is 1. The van der Waals surface area contributed by atoms with Gasteiger partial charge in [0.2, 0.25) is 0 Å². The van der Waals surface area contributed by atoms with Crippen molar-refractivity contribution in [2.24, 2.45) is 10.2 Å². The third kappa shape index (κ3) is 3.74. The van der Waals surface area contributed by atoms with E-state index in [1.807, 2.05) is 0 Å². The number of nitro benzene ring substituents is 1. The van der Waals surface area contributed by atoms with Crippen LogP contribution in [0.5, 0.6) is 5.75 Å². The number of phenolic OH excluding ortho intramolecular Hbond substituents is 1. The zero-order chi connectivity index (χ0) is 21.4. The fourth-order valence-electron chi connectivity index (χ4n) is 2.49. The van der Waals surface area contributed by atoms with Crippen molar-refractivity contribution in [3.8, 4) is 5.75 Å². The number of non-ortho nitro benzene ring substituents is 1. The van der Waals surface area contributed by atoms with Gasteiger partial charge in [-0.3, -0.25) is 10.1 Å². The Kier molecular flexibility index (Phi) is 4.96. The molecule has 3 aromatic carbocycles. The molecule has 150 valence electrons. The van der Waals surface area contributed by atoms with E-state index in [4.69, 9.17) is 0 Å². The molecule has 0 aliphatic heterocycles. The van der Waals surface area contributed by atoms with Gasteiger partial charge in [-0.25, -0.2) is 8.42 Å². The number of azo groups is 1. The minimum absolute atomic E-state index is 0.100. The van der Waals surface area contributed by atoms with Gasteiger partial charge in [0.1, 0.15) is 22.0 Å². The standard InChI is InChI=1S/C17H10F3N3O5S/c18-17(19,20)29(27,28)15-9-11(23(25)26)6-7-13(15)21-22-16-12-4-2-1-3-10(12)5-8-14(16)24/h1-9,24H. The Hall–Kier alpha value is -3.54. The Labute approximate surface area is 161 Å². The topological polar surface area (TPSA) is 122 Å². The molecule has 0 heterocycles. The predicted octanol–water partition coefficient (Wildman–Crippen LogP) is 5.16. The lowest BCUT2D eigenvalue weighted by Gasteiger charge is -2.10. The highest BCUT2D eigenvalue weighted by atomic mass is 32.2. The maximum Gasteiger partial charge on any atom is 0.501 e. The second kappa shape index (κ2) is 7.13. The van der Waals surface area contributed by atoms with Gasteiger partial charge in [0.25, 0.3) is 15.5 Å². The van der Waals surface area contributed by atoms with Crippen molar-refractivity contribution in [2.45, 2.75) is 10.4 Å². The van der Waals surface area contributed by atoms with Crippen molar-refractivity contribution in [1.82, 2.24) is 0 Å². The number of aromatic hydroxyl groups is 1. The quantitative estimate of drug-likeness (QED) is 0.351. The first kappa shape index (κ1) is 20.2. The molecule has 0 aliphatic carbocycles. The third-order valence-corrected chi connectivity index (χ3v) is 5.40. The Balaban J connectivity index is 2.21. The van der Waals surface area contributed by atoms with Crippen molar-refractivity contribution in [3.05, 3.63) is 64.7 Å². The maximum atomic E-state index is 13.0. The fraction of sp³-hybridized carbons (Fsp3) is 0.0588. The van der Waals surface area contributed by atoms with E-state index >= 15 is 0 Å². The second-order valence-corrected chi connectivity index (χ2v) is 7.62. The average molecular weight is 425 g/mol. The molecule has 0 aromatic heterocycles. The summed E-state index contributed by atoms with van der Waals surface area (Å²) < 4.78 is 62.7. The van der Waals surface area contributed by atoms with Crippen LogP contribution >= 0.6 is 0 Å². The molecule has 0 aliphatic rings. The molecule has 0 radical (unpaired) electrons. The lowest BCUT2D eigenvalue weighted by molar-refractivity contribution is -0.385. The van der Waals surface area contributed by atoms with Crippen LogP contribution in [0.2, 0.25) is 0 Å². The Morgan fingerprint density at radius 2 is 1.69 bits per heavy atom. The van der Waals surface area contributed by atoms with Crippen LogP contribution in [0.25, 0.3) is 10.8 Å². The molecule has 0 spiro atoms. The summed E-state index contributed by atoms with van der Waals surface area (Å²) in [6.45, 7) is 0. The zero-order valence-corrected chi connectivity index (χ0v) is 15.0. The van der Waals surface area contributed by atoms with Crippen molar-refractivity contribution in [3.63, 3.8) is 0 Å². The van der Waals surface area contributed by atoms with Gasteiger partial charge >= 0.3 is 5.51 Å². The van der Waals surface area contributed by atoms with Gasteiger partial charge in [-0.15, -0.1) is 10.2 Å². The monoisotopic (exact) mass is 425 g/mol. The Morgan fingerprint density at radius 1 is 1.00 bits per heavy atom. The summed E-state index contributed by atoms with van der Waals surface area (Å²) in [7, 11) is -5.94. The van der Waals surface area contributed by atoms with E-state index in [9.17, 15) is 36.8 Å². The van der Waals surface area contributed by atoms with Crippen molar-refractivity contribution in [1.29, 1.82) is 0 Å². The zero-order valence-electron chi connectivity index (χ0n) is 14.2. The van der Waals surface area contributed by atoms with E-state index in [1.54, 1.807) is 30.3 Å². The molecule has 8 nitrogen and oxygen atoms in total.